The van der Waals surface area contributed by atoms with E-state index in [0.29, 0.717) is 0 Å². The first-order valence-corrected chi connectivity index (χ1v) is 12.2. The second-order valence-electron chi connectivity index (χ2n) is 7.01. The number of aromatic nitrogens is 1. The minimum absolute atomic E-state index is 0.0448. The molecule has 3 rings (SSSR count). The van der Waals surface area contributed by atoms with Gasteiger partial charge in [0.05, 0.1) is 11.4 Å². The van der Waals surface area contributed by atoms with E-state index in [1.54, 1.807) is 18.2 Å². The second-order valence-corrected chi connectivity index (χ2v) is 10.9. The van der Waals surface area contributed by atoms with Crippen LogP contribution in [0, 0.1) is 13.8 Å². The summed E-state index contributed by atoms with van der Waals surface area (Å²) < 4.78 is 58.1. The number of amides is 1. The molecule has 10 nitrogen and oxygen atoms in total. The van der Waals surface area contributed by atoms with Gasteiger partial charge in [-0.2, -0.15) is 8.61 Å². The van der Waals surface area contributed by atoms with Crippen LogP contribution in [-0.4, -0.2) is 81.2 Å². The summed E-state index contributed by atoms with van der Waals surface area (Å²) in [6.45, 7) is 3.30. The van der Waals surface area contributed by atoms with E-state index in [1.165, 1.54) is 42.2 Å². The highest BCUT2D eigenvalue weighted by atomic mass is 32.2. The fourth-order valence-electron chi connectivity index (χ4n) is 3.29. The van der Waals surface area contributed by atoms with Crippen molar-refractivity contribution in [3.8, 4) is 0 Å². The molecule has 0 radical (unpaired) electrons. The van der Waals surface area contributed by atoms with Crippen molar-refractivity contribution < 1.29 is 26.2 Å². The van der Waals surface area contributed by atoms with E-state index < -0.39 is 26.0 Å². The summed E-state index contributed by atoms with van der Waals surface area (Å²) in [6, 6.07) is 8.11. The van der Waals surface area contributed by atoms with Gasteiger partial charge in [0.2, 0.25) is 26.0 Å². The third-order valence-corrected chi connectivity index (χ3v) is 8.93. The highest BCUT2D eigenvalue weighted by Gasteiger charge is 2.33. The molecule has 1 aromatic heterocycles. The number of sulfonamides is 2. The Balaban J connectivity index is 1.63. The van der Waals surface area contributed by atoms with Crippen LogP contribution in [0.1, 0.15) is 11.5 Å². The average molecular weight is 457 g/mol. The van der Waals surface area contributed by atoms with Crippen LogP contribution >= 0.6 is 0 Å². The molecule has 0 unspecified atom stereocenters. The van der Waals surface area contributed by atoms with Crippen LogP contribution in [-0.2, 0) is 24.8 Å². The SMILES string of the molecule is Cc1noc(C)c1S(=O)(=O)N(C)CC(=O)N1CCN(S(=O)(=O)c2ccccc2)CC1. The van der Waals surface area contributed by atoms with Crippen LogP contribution in [0.25, 0.3) is 0 Å². The molecule has 0 atom stereocenters. The molecule has 0 N–H and O–H groups in total. The molecular weight excluding hydrogens is 432 g/mol. The van der Waals surface area contributed by atoms with Gasteiger partial charge in [-0.3, -0.25) is 4.79 Å². The fraction of sp³-hybridized carbons (Fsp3) is 0.444. The molecule has 1 saturated heterocycles. The van der Waals surface area contributed by atoms with Crippen molar-refractivity contribution in [2.45, 2.75) is 23.6 Å². The number of benzene rings is 1. The number of carbonyl (C=O) groups excluding carboxylic acids is 1. The monoisotopic (exact) mass is 456 g/mol. The zero-order chi connectivity index (χ0) is 22.1. The molecule has 12 heteroatoms. The van der Waals surface area contributed by atoms with E-state index in [9.17, 15) is 21.6 Å². The molecule has 0 aliphatic carbocycles. The first kappa shape index (κ1) is 22.4. The maximum absolute atomic E-state index is 12.8. The van der Waals surface area contributed by atoms with Crippen molar-refractivity contribution in [1.29, 1.82) is 0 Å². The zero-order valence-corrected chi connectivity index (χ0v) is 18.6. The Bertz CT molecular complexity index is 1100. The number of piperazine rings is 1. The van der Waals surface area contributed by atoms with Gasteiger partial charge in [-0.05, 0) is 26.0 Å². The van der Waals surface area contributed by atoms with Gasteiger partial charge in [-0.15, -0.1) is 0 Å². The van der Waals surface area contributed by atoms with Crippen molar-refractivity contribution in [1.82, 2.24) is 18.7 Å². The molecule has 1 amide bonds. The van der Waals surface area contributed by atoms with E-state index in [2.05, 4.69) is 5.16 Å². The minimum Gasteiger partial charge on any atom is -0.360 e. The Labute approximate surface area is 176 Å². The Morgan fingerprint density at radius 1 is 1.07 bits per heavy atom. The first-order chi connectivity index (χ1) is 14.0. The van der Waals surface area contributed by atoms with Crippen molar-refractivity contribution in [3.63, 3.8) is 0 Å². The Hall–Kier alpha value is -2.28. The van der Waals surface area contributed by atoms with Crippen LogP contribution in [0.4, 0.5) is 0 Å². The predicted molar refractivity (Wildman–Crippen MR) is 108 cm³/mol. The number of carbonyl (C=O) groups is 1. The number of likely N-dealkylation sites (N-methyl/N-ethyl adjacent to an activating group) is 1. The van der Waals surface area contributed by atoms with Gasteiger partial charge in [0.1, 0.15) is 10.6 Å². The van der Waals surface area contributed by atoms with Crippen molar-refractivity contribution >= 4 is 26.0 Å². The topological polar surface area (TPSA) is 121 Å². The molecule has 0 spiro atoms. The smallest absolute Gasteiger partial charge is 0.248 e. The molecule has 1 aliphatic rings. The Morgan fingerprint density at radius 2 is 1.67 bits per heavy atom. The Kier molecular flexibility index (Phi) is 6.32. The summed E-state index contributed by atoms with van der Waals surface area (Å²) in [5.41, 5.74) is 0.228. The largest absolute Gasteiger partial charge is 0.360 e. The molecule has 1 fully saturated rings. The molecule has 1 aliphatic heterocycles. The summed E-state index contributed by atoms with van der Waals surface area (Å²) in [7, 11) is -6.25. The lowest BCUT2D eigenvalue weighted by atomic mass is 10.3. The van der Waals surface area contributed by atoms with Crippen molar-refractivity contribution in [2.24, 2.45) is 0 Å². The van der Waals surface area contributed by atoms with Gasteiger partial charge in [-0.25, -0.2) is 16.8 Å². The molecule has 2 aromatic rings. The van der Waals surface area contributed by atoms with Crippen LogP contribution in [0.5, 0.6) is 0 Å². The van der Waals surface area contributed by atoms with Gasteiger partial charge in [0, 0.05) is 33.2 Å². The normalized spacial score (nSPS) is 16.2. The maximum atomic E-state index is 12.8. The summed E-state index contributed by atoms with van der Waals surface area (Å²) in [4.78, 5) is 14.3. The van der Waals surface area contributed by atoms with Crippen LogP contribution < -0.4 is 0 Å². The lowest BCUT2D eigenvalue weighted by Gasteiger charge is -2.34. The lowest BCUT2D eigenvalue weighted by molar-refractivity contribution is -0.132. The van der Waals surface area contributed by atoms with E-state index in [0.717, 1.165) is 4.31 Å². The molecular formula is C18H24N4O6S2. The van der Waals surface area contributed by atoms with Crippen molar-refractivity contribution in [3.05, 3.63) is 41.8 Å². The Morgan fingerprint density at radius 3 is 2.20 bits per heavy atom. The van der Waals surface area contributed by atoms with E-state index in [4.69, 9.17) is 4.52 Å². The second kappa shape index (κ2) is 8.46. The lowest BCUT2D eigenvalue weighted by Crippen LogP contribution is -2.52. The van der Waals surface area contributed by atoms with Crippen LogP contribution in [0.3, 0.4) is 0 Å². The highest BCUT2D eigenvalue weighted by Crippen LogP contribution is 2.22. The summed E-state index contributed by atoms with van der Waals surface area (Å²) in [5.74, 6) is -0.240. The molecule has 2 heterocycles. The first-order valence-electron chi connectivity index (χ1n) is 9.27. The summed E-state index contributed by atoms with van der Waals surface area (Å²) >= 11 is 0. The molecule has 30 heavy (non-hydrogen) atoms. The van der Waals surface area contributed by atoms with E-state index >= 15 is 0 Å². The van der Waals surface area contributed by atoms with E-state index in [-0.39, 0.29) is 54.0 Å². The molecule has 0 bridgehead atoms. The number of nitrogens with zero attached hydrogens (tertiary/aromatic N) is 4. The van der Waals surface area contributed by atoms with Gasteiger partial charge in [-0.1, -0.05) is 23.4 Å². The number of rotatable bonds is 6. The molecule has 164 valence electrons. The quantitative estimate of drug-likeness (QED) is 0.618. The third-order valence-electron chi connectivity index (χ3n) is 4.97. The van der Waals surface area contributed by atoms with Crippen LogP contribution in [0.15, 0.2) is 44.6 Å². The summed E-state index contributed by atoms with van der Waals surface area (Å²) in [6.07, 6.45) is 0. The fourth-order valence-corrected chi connectivity index (χ4v) is 6.14. The van der Waals surface area contributed by atoms with Crippen molar-refractivity contribution in [2.75, 3.05) is 39.8 Å². The highest BCUT2D eigenvalue weighted by molar-refractivity contribution is 7.89. The van der Waals surface area contributed by atoms with Gasteiger partial charge >= 0.3 is 0 Å². The van der Waals surface area contributed by atoms with E-state index in [1.807, 2.05) is 0 Å². The summed E-state index contributed by atoms with van der Waals surface area (Å²) in [5, 5.41) is 3.65. The predicted octanol–water partition coefficient (Wildman–Crippen LogP) is 0.445. The number of hydrogen-bond donors (Lipinski definition) is 0. The minimum atomic E-state index is -3.94. The molecule has 1 aromatic carbocycles. The van der Waals surface area contributed by atoms with Crippen LogP contribution in [0.2, 0.25) is 0 Å². The average Bonchev–Trinajstić information content (AvgIpc) is 3.07. The molecule has 0 saturated carbocycles. The third kappa shape index (κ3) is 4.26. The zero-order valence-electron chi connectivity index (χ0n) is 17.0. The number of hydrogen-bond acceptors (Lipinski definition) is 7. The van der Waals surface area contributed by atoms with Gasteiger partial charge in [0.15, 0.2) is 5.76 Å². The standard InChI is InChI=1S/C18H24N4O6S2/c1-14-18(15(2)28-19-14)30(26,27)20(3)13-17(23)21-9-11-22(12-10-21)29(24,25)16-7-5-4-6-8-16/h4-8H,9-13H2,1-3H3. The number of aryl methyl sites for hydroxylation is 2. The van der Waals surface area contributed by atoms with Gasteiger partial charge in [0.25, 0.3) is 0 Å². The van der Waals surface area contributed by atoms with Gasteiger partial charge < -0.3 is 9.42 Å². The maximum Gasteiger partial charge on any atom is 0.248 e.